The van der Waals surface area contributed by atoms with Gasteiger partial charge in [-0.25, -0.2) is 14.6 Å². The van der Waals surface area contributed by atoms with Crippen molar-refractivity contribution in [1.29, 1.82) is 0 Å². The van der Waals surface area contributed by atoms with Crippen LogP contribution in [0.15, 0.2) is 31.0 Å². The molecule has 1 N–H and O–H groups in total. The standard InChI is InChI=1S/C13H19N5/c1-11(2)15-6-3-4-12-8-17-18(9-12)13-5-7-14-10-16-13/h5,7-11,15H,3-4,6H2,1-2H3. The maximum absolute atomic E-state index is 4.31. The molecule has 0 bridgehead atoms. The van der Waals surface area contributed by atoms with E-state index >= 15 is 0 Å². The number of hydrogen-bond donors (Lipinski definition) is 1. The first kappa shape index (κ1) is 12.7. The molecule has 2 aromatic rings. The predicted molar refractivity (Wildman–Crippen MR) is 70.6 cm³/mol. The predicted octanol–water partition coefficient (Wildman–Crippen LogP) is 1.59. The summed E-state index contributed by atoms with van der Waals surface area (Å²) in [5.41, 5.74) is 1.24. The van der Waals surface area contributed by atoms with E-state index in [1.165, 1.54) is 11.9 Å². The van der Waals surface area contributed by atoms with Crippen molar-refractivity contribution in [2.24, 2.45) is 0 Å². The van der Waals surface area contributed by atoms with Crippen LogP contribution in [-0.4, -0.2) is 32.3 Å². The van der Waals surface area contributed by atoms with Gasteiger partial charge in [-0.2, -0.15) is 5.10 Å². The molecule has 0 fully saturated rings. The quantitative estimate of drug-likeness (QED) is 0.785. The second-order valence-electron chi connectivity index (χ2n) is 4.57. The van der Waals surface area contributed by atoms with Gasteiger partial charge in [-0.15, -0.1) is 0 Å². The van der Waals surface area contributed by atoms with Crippen LogP contribution in [-0.2, 0) is 6.42 Å². The van der Waals surface area contributed by atoms with E-state index in [4.69, 9.17) is 0 Å². The third-order valence-electron chi connectivity index (χ3n) is 2.63. The Labute approximate surface area is 107 Å². The van der Waals surface area contributed by atoms with Crippen LogP contribution in [0.25, 0.3) is 5.82 Å². The van der Waals surface area contributed by atoms with Gasteiger partial charge in [0, 0.05) is 24.5 Å². The van der Waals surface area contributed by atoms with Crippen molar-refractivity contribution in [2.75, 3.05) is 6.54 Å². The molecule has 0 aliphatic carbocycles. The summed E-state index contributed by atoms with van der Waals surface area (Å²) in [5.74, 6) is 0.802. The van der Waals surface area contributed by atoms with Crippen molar-refractivity contribution in [3.63, 3.8) is 0 Å². The molecule has 2 rings (SSSR count). The first-order valence-electron chi connectivity index (χ1n) is 6.29. The maximum Gasteiger partial charge on any atom is 0.156 e. The van der Waals surface area contributed by atoms with Crippen molar-refractivity contribution in [2.45, 2.75) is 32.7 Å². The van der Waals surface area contributed by atoms with Gasteiger partial charge in [0.25, 0.3) is 0 Å². The summed E-state index contributed by atoms with van der Waals surface area (Å²) >= 11 is 0. The lowest BCUT2D eigenvalue weighted by Gasteiger charge is -2.06. The monoisotopic (exact) mass is 245 g/mol. The maximum atomic E-state index is 4.31. The second kappa shape index (κ2) is 6.26. The highest BCUT2D eigenvalue weighted by atomic mass is 15.3. The van der Waals surface area contributed by atoms with Gasteiger partial charge in [-0.05, 0) is 24.9 Å². The molecule has 0 saturated heterocycles. The number of rotatable bonds is 6. The topological polar surface area (TPSA) is 55.6 Å². The molecule has 0 spiro atoms. The van der Waals surface area contributed by atoms with Gasteiger partial charge in [0.15, 0.2) is 5.82 Å². The van der Waals surface area contributed by atoms with E-state index in [1.54, 1.807) is 10.9 Å². The van der Waals surface area contributed by atoms with Crippen molar-refractivity contribution in [3.8, 4) is 5.82 Å². The summed E-state index contributed by atoms with van der Waals surface area (Å²) in [7, 11) is 0. The van der Waals surface area contributed by atoms with Gasteiger partial charge in [0.05, 0.1) is 6.20 Å². The minimum atomic E-state index is 0.550. The van der Waals surface area contributed by atoms with Crippen LogP contribution < -0.4 is 5.32 Å². The normalized spacial score (nSPS) is 11.1. The zero-order chi connectivity index (χ0) is 12.8. The molecule has 0 atom stereocenters. The molecule has 0 saturated carbocycles. The first-order chi connectivity index (χ1) is 8.75. The Morgan fingerprint density at radius 2 is 2.28 bits per heavy atom. The van der Waals surface area contributed by atoms with Gasteiger partial charge >= 0.3 is 0 Å². The second-order valence-corrected chi connectivity index (χ2v) is 4.57. The smallest absolute Gasteiger partial charge is 0.156 e. The molecule has 2 heterocycles. The number of aromatic nitrogens is 4. The van der Waals surface area contributed by atoms with E-state index in [2.05, 4.69) is 34.2 Å². The van der Waals surface area contributed by atoms with E-state index in [1.807, 2.05) is 18.5 Å². The van der Waals surface area contributed by atoms with Crippen LogP contribution in [0.5, 0.6) is 0 Å². The summed E-state index contributed by atoms with van der Waals surface area (Å²) in [6, 6.07) is 2.39. The fraction of sp³-hybridized carbons (Fsp3) is 0.462. The average Bonchev–Trinajstić information content (AvgIpc) is 2.84. The van der Waals surface area contributed by atoms with Crippen molar-refractivity contribution in [3.05, 3.63) is 36.5 Å². The molecule has 2 aromatic heterocycles. The zero-order valence-corrected chi connectivity index (χ0v) is 10.9. The molecule has 0 unspecified atom stereocenters. The van der Waals surface area contributed by atoms with Crippen molar-refractivity contribution >= 4 is 0 Å². The van der Waals surface area contributed by atoms with E-state index in [0.717, 1.165) is 25.2 Å². The Morgan fingerprint density at radius 1 is 1.39 bits per heavy atom. The Hall–Kier alpha value is -1.75. The highest BCUT2D eigenvalue weighted by Crippen LogP contribution is 2.06. The molecule has 5 nitrogen and oxygen atoms in total. The van der Waals surface area contributed by atoms with E-state index in [-0.39, 0.29) is 0 Å². The van der Waals surface area contributed by atoms with Crippen LogP contribution in [0.2, 0.25) is 0 Å². The van der Waals surface area contributed by atoms with Gasteiger partial charge < -0.3 is 5.32 Å². The molecule has 0 aliphatic heterocycles. The molecule has 0 amide bonds. The number of nitrogens with zero attached hydrogens (tertiary/aromatic N) is 4. The third-order valence-corrected chi connectivity index (χ3v) is 2.63. The lowest BCUT2D eigenvalue weighted by molar-refractivity contribution is 0.570. The number of hydrogen-bond acceptors (Lipinski definition) is 4. The Bertz CT molecular complexity index is 463. The Morgan fingerprint density at radius 3 is 3.00 bits per heavy atom. The Balaban J connectivity index is 1.87. The highest BCUT2D eigenvalue weighted by Gasteiger charge is 2.01. The first-order valence-corrected chi connectivity index (χ1v) is 6.29. The minimum Gasteiger partial charge on any atom is -0.315 e. The van der Waals surface area contributed by atoms with Gasteiger partial charge in [-0.1, -0.05) is 13.8 Å². The van der Waals surface area contributed by atoms with Crippen LogP contribution >= 0.6 is 0 Å². The average molecular weight is 245 g/mol. The molecular formula is C13H19N5. The third kappa shape index (κ3) is 3.63. The summed E-state index contributed by atoms with van der Waals surface area (Å²) in [4.78, 5) is 8.05. The highest BCUT2D eigenvalue weighted by molar-refractivity contribution is 5.20. The lowest BCUT2D eigenvalue weighted by Crippen LogP contribution is -2.23. The Kier molecular flexibility index (Phi) is 4.41. The van der Waals surface area contributed by atoms with Crippen molar-refractivity contribution in [1.82, 2.24) is 25.1 Å². The van der Waals surface area contributed by atoms with E-state index in [0.29, 0.717) is 6.04 Å². The molecule has 0 aliphatic rings. The zero-order valence-electron chi connectivity index (χ0n) is 10.9. The van der Waals surface area contributed by atoms with E-state index < -0.39 is 0 Å². The number of aryl methyl sites for hydroxylation is 1. The van der Waals surface area contributed by atoms with Crippen LogP contribution in [0.4, 0.5) is 0 Å². The fourth-order valence-electron chi connectivity index (χ4n) is 1.72. The van der Waals surface area contributed by atoms with Gasteiger partial charge in [0.2, 0.25) is 0 Å². The molecule has 18 heavy (non-hydrogen) atoms. The molecule has 5 heteroatoms. The molecule has 0 radical (unpaired) electrons. The number of nitrogens with one attached hydrogen (secondary N) is 1. The summed E-state index contributed by atoms with van der Waals surface area (Å²) in [5, 5.41) is 7.71. The molecule has 96 valence electrons. The fourth-order valence-corrected chi connectivity index (χ4v) is 1.72. The molecular weight excluding hydrogens is 226 g/mol. The van der Waals surface area contributed by atoms with Gasteiger partial charge in [0.1, 0.15) is 6.33 Å². The van der Waals surface area contributed by atoms with Crippen LogP contribution in [0, 0.1) is 0 Å². The largest absolute Gasteiger partial charge is 0.315 e. The van der Waals surface area contributed by atoms with E-state index in [9.17, 15) is 0 Å². The summed E-state index contributed by atoms with van der Waals surface area (Å²) < 4.78 is 1.78. The lowest BCUT2D eigenvalue weighted by atomic mass is 10.2. The minimum absolute atomic E-state index is 0.550. The molecule has 0 aromatic carbocycles. The summed E-state index contributed by atoms with van der Waals surface area (Å²) in [6.45, 7) is 5.36. The van der Waals surface area contributed by atoms with Crippen molar-refractivity contribution < 1.29 is 0 Å². The summed E-state index contributed by atoms with van der Waals surface area (Å²) in [6.07, 6.45) is 9.33. The van der Waals surface area contributed by atoms with Crippen LogP contribution in [0.3, 0.4) is 0 Å². The van der Waals surface area contributed by atoms with Gasteiger partial charge in [-0.3, -0.25) is 0 Å². The van der Waals surface area contributed by atoms with Crippen LogP contribution in [0.1, 0.15) is 25.8 Å². The SMILES string of the molecule is CC(C)NCCCc1cnn(-c2ccncn2)c1.